The van der Waals surface area contributed by atoms with E-state index in [9.17, 15) is 14.6 Å². The summed E-state index contributed by atoms with van der Waals surface area (Å²) in [5, 5.41) is 20.1. The fraction of sp³-hybridized carbons (Fsp3) is 0.310. The number of fused-ring (bicyclic) bond motifs is 1. The summed E-state index contributed by atoms with van der Waals surface area (Å²) in [4.78, 5) is 2.25. The Balaban J connectivity index is 1.37. The Kier molecular flexibility index (Phi) is 6.64. The Bertz CT molecular complexity index is 1220. The predicted molar refractivity (Wildman–Crippen MR) is 135 cm³/mol. The molecule has 0 spiro atoms. The van der Waals surface area contributed by atoms with Crippen LogP contribution < -0.4 is 9.47 Å². The summed E-state index contributed by atoms with van der Waals surface area (Å²) < 4.78 is 25.2. The van der Waals surface area contributed by atoms with Gasteiger partial charge in [-0.05, 0) is 79.1 Å². The summed E-state index contributed by atoms with van der Waals surface area (Å²) >= 11 is 0. The van der Waals surface area contributed by atoms with E-state index in [1.807, 2.05) is 43.3 Å². The first-order valence-corrected chi connectivity index (χ1v) is 12.0. The maximum absolute atomic E-state index is 12.8. The number of hydrogen-bond donors (Lipinski definition) is 2. The highest BCUT2D eigenvalue weighted by Gasteiger charge is 2.30. The number of alkyl halides is 1. The number of ether oxygens (including phenoxy) is 2. The largest absolute Gasteiger partial charge is 0.508 e. The van der Waals surface area contributed by atoms with Gasteiger partial charge in [0.05, 0.1) is 6.67 Å². The van der Waals surface area contributed by atoms with Gasteiger partial charge in [0.2, 0.25) is 0 Å². The number of nitrogens with zero attached hydrogens (tertiary/aromatic N) is 1. The van der Waals surface area contributed by atoms with Crippen molar-refractivity contribution in [1.29, 1.82) is 0 Å². The zero-order valence-corrected chi connectivity index (χ0v) is 19.8. The van der Waals surface area contributed by atoms with Crippen molar-refractivity contribution in [2.75, 3.05) is 32.9 Å². The van der Waals surface area contributed by atoms with E-state index >= 15 is 0 Å². The van der Waals surface area contributed by atoms with E-state index in [1.54, 1.807) is 30.3 Å². The molecular formula is C29H30FNO4. The molecule has 1 saturated heterocycles. The SMILES string of the molecule is CC1=C(c2cccc(O)c2)[C@@H](c2ccc(OCCN3CC[C@@H](CF)C3)cc2)Oc2ccc(O)cc21. The predicted octanol–water partition coefficient (Wildman–Crippen LogP) is 5.83. The third-order valence-corrected chi connectivity index (χ3v) is 6.88. The van der Waals surface area contributed by atoms with E-state index in [2.05, 4.69) is 4.90 Å². The van der Waals surface area contributed by atoms with E-state index in [0.29, 0.717) is 12.4 Å². The molecule has 3 aromatic rings. The van der Waals surface area contributed by atoms with Gasteiger partial charge in [-0.3, -0.25) is 9.29 Å². The van der Waals surface area contributed by atoms with Crippen molar-refractivity contribution in [3.8, 4) is 23.0 Å². The zero-order valence-electron chi connectivity index (χ0n) is 19.8. The number of hydrogen-bond acceptors (Lipinski definition) is 5. The molecular weight excluding hydrogens is 445 g/mol. The highest BCUT2D eigenvalue weighted by molar-refractivity contribution is 5.95. The molecule has 6 heteroatoms. The molecule has 0 aromatic heterocycles. The molecule has 3 aromatic carbocycles. The van der Waals surface area contributed by atoms with Gasteiger partial charge in [0.1, 0.15) is 35.7 Å². The van der Waals surface area contributed by atoms with Crippen LogP contribution in [0.1, 0.15) is 36.1 Å². The Morgan fingerprint density at radius 2 is 1.83 bits per heavy atom. The van der Waals surface area contributed by atoms with Crippen LogP contribution in [0.3, 0.4) is 0 Å². The van der Waals surface area contributed by atoms with E-state index in [0.717, 1.165) is 59.6 Å². The minimum atomic E-state index is -0.384. The normalized spacial score (nSPS) is 19.9. The minimum absolute atomic E-state index is 0.163. The van der Waals surface area contributed by atoms with Crippen LogP contribution >= 0.6 is 0 Å². The Labute approximate surface area is 205 Å². The third kappa shape index (κ3) is 4.98. The van der Waals surface area contributed by atoms with Gasteiger partial charge in [0.25, 0.3) is 0 Å². The molecule has 0 radical (unpaired) electrons. The molecule has 0 saturated carbocycles. The van der Waals surface area contributed by atoms with Crippen LogP contribution in [0.5, 0.6) is 23.0 Å². The molecule has 182 valence electrons. The van der Waals surface area contributed by atoms with Crippen LogP contribution in [0.15, 0.2) is 66.7 Å². The van der Waals surface area contributed by atoms with E-state index in [1.165, 1.54) is 0 Å². The first-order chi connectivity index (χ1) is 17.0. The van der Waals surface area contributed by atoms with E-state index in [4.69, 9.17) is 9.47 Å². The highest BCUT2D eigenvalue weighted by Crippen LogP contribution is 2.47. The highest BCUT2D eigenvalue weighted by atomic mass is 19.1. The number of phenols is 2. The van der Waals surface area contributed by atoms with Crippen LogP contribution in [0.25, 0.3) is 11.1 Å². The van der Waals surface area contributed by atoms with Crippen LogP contribution in [0, 0.1) is 5.92 Å². The second-order valence-corrected chi connectivity index (χ2v) is 9.29. The molecule has 2 heterocycles. The number of rotatable bonds is 7. The smallest absolute Gasteiger partial charge is 0.150 e. The molecule has 0 amide bonds. The number of halogens is 1. The van der Waals surface area contributed by atoms with Crippen LogP contribution in [0.4, 0.5) is 4.39 Å². The second kappa shape index (κ2) is 10.0. The minimum Gasteiger partial charge on any atom is -0.508 e. The fourth-order valence-corrected chi connectivity index (χ4v) is 4.99. The van der Waals surface area contributed by atoms with Gasteiger partial charge in [0.15, 0.2) is 0 Å². The van der Waals surface area contributed by atoms with Crippen molar-refractivity contribution >= 4 is 11.1 Å². The van der Waals surface area contributed by atoms with Crippen molar-refractivity contribution in [1.82, 2.24) is 4.90 Å². The molecule has 5 nitrogen and oxygen atoms in total. The second-order valence-electron chi connectivity index (χ2n) is 9.29. The Morgan fingerprint density at radius 3 is 2.57 bits per heavy atom. The first kappa shape index (κ1) is 23.2. The molecule has 2 atom stereocenters. The fourth-order valence-electron chi connectivity index (χ4n) is 4.99. The maximum Gasteiger partial charge on any atom is 0.150 e. The molecule has 0 bridgehead atoms. The standard InChI is InChI=1S/C29H30FNO4/c1-19-26-16-24(33)7-10-27(26)35-29(28(19)22-3-2-4-23(32)15-22)21-5-8-25(9-6-21)34-14-13-31-12-11-20(17-30)18-31/h2-10,15-16,20,29,32-33H,11-14,17-18H2,1H3/t20-,29+/m0/s1. The summed E-state index contributed by atoms with van der Waals surface area (Å²) in [7, 11) is 0. The van der Waals surface area contributed by atoms with Crippen molar-refractivity contribution in [3.63, 3.8) is 0 Å². The van der Waals surface area contributed by atoms with Crippen LogP contribution in [-0.2, 0) is 0 Å². The molecule has 5 rings (SSSR count). The summed E-state index contributed by atoms with van der Waals surface area (Å²) in [5.41, 5.74) is 4.56. The van der Waals surface area contributed by atoms with Gasteiger partial charge in [-0.1, -0.05) is 24.3 Å². The van der Waals surface area contributed by atoms with Gasteiger partial charge in [0, 0.05) is 30.1 Å². The monoisotopic (exact) mass is 475 g/mol. The summed E-state index contributed by atoms with van der Waals surface area (Å²) in [6.07, 6.45) is 0.536. The molecule has 0 unspecified atom stereocenters. The first-order valence-electron chi connectivity index (χ1n) is 12.0. The van der Waals surface area contributed by atoms with Gasteiger partial charge in [-0.2, -0.15) is 0 Å². The molecule has 2 N–H and O–H groups in total. The summed E-state index contributed by atoms with van der Waals surface area (Å²) in [6, 6.07) is 20.1. The summed E-state index contributed by atoms with van der Waals surface area (Å²) in [5.74, 6) is 2.00. The molecule has 1 fully saturated rings. The van der Waals surface area contributed by atoms with Crippen molar-refractivity contribution in [2.24, 2.45) is 5.92 Å². The number of benzene rings is 3. The number of allylic oxidation sites excluding steroid dienone is 1. The van der Waals surface area contributed by atoms with Gasteiger partial charge < -0.3 is 19.7 Å². The topological polar surface area (TPSA) is 62.2 Å². The van der Waals surface area contributed by atoms with Crippen LogP contribution in [0.2, 0.25) is 0 Å². The molecule has 35 heavy (non-hydrogen) atoms. The molecule has 2 aliphatic rings. The lowest BCUT2D eigenvalue weighted by Crippen LogP contribution is -2.26. The number of aromatic hydroxyl groups is 2. The lowest BCUT2D eigenvalue weighted by Gasteiger charge is -2.31. The quantitative estimate of drug-likeness (QED) is 0.450. The zero-order chi connectivity index (χ0) is 24.4. The molecule has 2 aliphatic heterocycles. The van der Waals surface area contributed by atoms with Crippen LogP contribution in [-0.4, -0.2) is 48.0 Å². The van der Waals surface area contributed by atoms with E-state index < -0.39 is 0 Å². The van der Waals surface area contributed by atoms with Gasteiger partial charge in [-0.25, -0.2) is 0 Å². The lowest BCUT2D eigenvalue weighted by molar-refractivity contribution is 0.228. The van der Waals surface area contributed by atoms with Crippen molar-refractivity contribution < 1.29 is 24.1 Å². The lowest BCUT2D eigenvalue weighted by atomic mass is 9.86. The van der Waals surface area contributed by atoms with Crippen molar-refractivity contribution in [3.05, 3.63) is 83.4 Å². The molecule has 0 aliphatic carbocycles. The number of likely N-dealkylation sites (tertiary alicyclic amines) is 1. The third-order valence-electron chi connectivity index (χ3n) is 6.88. The van der Waals surface area contributed by atoms with Gasteiger partial charge >= 0.3 is 0 Å². The van der Waals surface area contributed by atoms with E-state index in [-0.39, 0.29) is 30.2 Å². The Hall–Kier alpha value is -3.51. The Morgan fingerprint density at radius 1 is 1.03 bits per heavy atom. The number of phenolic OH excluding ortho intramolecular Hbond substituents is 2. The van der Waals surface area contributed by atoms with Gasteiger partial charge in [-0.15, -0.1) is 0 Å². The van der Waals surface area contributed by atoms with Crippen molar-refractivity contribution in [2.45, 2.75) is 19.4 Å². The maximum atomic E-state index is 12.8. The summed E-state index contributed by atoms with van der Waals surface area (Å²) in [6.45, 7) is 4.85. The average molecular weight is 476 g/mol. The average Bonchev–Trinajstić information content (AvgIpc) is 3.33.